The van der Waals surface area contributed by atoms with Crippen molar-refractivity contribution in [3.63, 3.8) is 0 Å². The molecule has 188 valence electrons. The number of alkyl carbamates (subject to hydrolysis) is 1. The molecule has 0 aliphatic heterocycles. The van der Waals surface area contributed by atoms with Gasteiger partial charge in [-0.25, -0.2) is 4.79 Å². The van der Waals surface area contributed by atoms with Gasteiger partial charge in [0, 0.05) is 18.8 Å². The smallest absolute Gasteiger partial charge is 0.408 e. The van der Waals surface area contributed by atoms with E-state index in [4.69, 9.17) is 22.1 Å². The number of carbonyl (C=O) groups is 3. The number of phenols is 1. The number of thiocarbonyl (C=S) groups is 1. The van der Waals surface area contributed by atoms with Crippen molar-refractivity contribution < 1.29 is 29.3 Å². The van der Waals surface area contributed by atoms with E-state index in [0.29, 0.717) is 36.6 Å². The van der Waals surface area contributed by atoms with Gasteiger partial charge in [0.25, 0.3) is 0 Å². The minimum absolute atomic E-state index is 0.0360. The Morgan fingerprint density at radius 3 is 2.31 bits per heavy atom. The summed E-state index contributed by atoms with van der Waals surface area (Å²) in [5.41, 5.74) is 1.31. The number of aliphatic carboxylic acids is 1. The zero-order valence-corrected chi connectivity index (χ0v) is 20.0. The highest BCUT2D eigenvalue weighted by Gasteiger charge is 2.21. The van der Waals surface area contributed by atoms with Crippen molar-refractivity contribution in [2.24, 2.45) is 0 Å². The van der Waals surface area contributed by atoms with Crippen LogP contribution in [-0.2, 0) is 20.9 Å². The third-order valence-corrected chi connectivity index (χ3v) is 5.07. The quantitative estimate of drug-likeness (QED) is 0.138. The van der Waals surface area contributed by atoms with Gasteiger partial charge < -0.3 is 36.2 Å². The van der Waals surface area contributed by atoms with Gasteiger partial charge >= 0.3 is 12.1 Å². The molecule has 0 aromatic heterocycles. The van der Waals surface area contributed by atoms with E-state index >= 15 is 0 Å². The molecule has 0 radical (unpaired) electrons. The second-order valence-corrected chi connectivity index (χ2v) is 8.03. The van der Waals surface area contributed by atoms with Crippen LogP contribution >= 0.6 is 12.2 Å². The van der Waals surface area contributed by atoms with Crippen LogP contribution in [0.1, 0.15) is 31.2 Å². The number of carbonyl (C=O) groups excluding carboxylic acids is 2. The zero-order chi connectivity index (χ0) is 25.5. The number of anilines is 1. The molecule has 0 aliphatic carbocycles. The topological polar surface area (TPSA) is 149 Å². The molecule has 0 saturated carbocycles. The second kappa shape index (κ2) is 15.1. The maximum Gasteiger partial charge on any atom is 0.408 e. The van der Waals surface area contributed by atoms with Gasteiger partial charge in [-0.15, -0.1) is 0 Å². The van der Waals surface area contributed by atoms with E-state index in [0.717, 1.165) is 5.56 Å². The highest BCUT2D eigenvalue weighted by molar-refractivity contribution is 7.80. The Morgan fingerprint density at radius 2 is 1.63 bits per heavy atom. The summed E-state index contributed by atoms with van der Waals surface area (Å²) < 4.78 is 5.25. The number of amides is 2. The number of carboxylic acids is 1. The fourth-order valence-corrected chi connectivity index (χ4v) is 3.17. The number of hydrogen-bond acceptors (Lipinski definition) is 6. The van der Waals surface area contributed by atoms with Gasteiger partial charge in [0.1, 0.15) is 18.4 Å². The van der Waals surface area contributed by atoms with Crippen LogP contribution in [0.25, 0.3) is 0 Å². The summed E-state index contributed by atoms with van der Waals surface area (Å²) in [4.78, 5) is 35.7. The molecule has 6 N–H and O–H groups in total. The third-order valence-electron chi connectivity index (χ3n) is 4.79. The normalized spacial score (nSPS) is 11.1. The number of nitrogens with one attached hydrogen (secondary N) is 4. The highest BCUT2D eigenvalue weighted by atomic mass is 32.1. The van der Waals surface area contributed by atoms with Crippen molar-refractivity contribution in [3.8, 4) is 5.75 Å². The summed E-state index contributed by atoms with van der Waals surface area (Å²) in [6.45, 7) is 0.828. The molecular formula is C24H30N4O6S. The first kappa shape index (κ1) is 27.4. The Kier molecular flexibility index (Phi) is 11.8. The van der Waals surface area contributed by atoms with Crippen molar-refractivity contribution in [3.05, 3.63) is 60.2 Å². The Morgan fingerprint density at radius 1 is 0.943 bits per heavy atom. The Bertz CT molecular complexity index is 972. The minimum atomic E-state index is -0.910. The van der Waals surface area contributed by atoms with Gasteiger partial charge in [0.15, 0.2) is 5.11 Å². The standard InChI is InChI=1S/C24H30N4O6S/c29-19-11-9-18(10-12-19)27-22(32)20(28-24(33)34-16-17-6-2-1-3-7-17)8-4-5-14-25-23(35)26-15-13-21(30)31/h1-3,6-7,9-12,20,29H,4-5,8,13-16H2,(H,27,32)(H,28,33)(H,30,31)(H2,25,26,35). The number of rotatable bonds is 13. The van der Waals surface area contributed by atoms with Crippen LogP contribution in [-0.4, -0.2) is 52.4 Å². The molecule has 11 heteroatoms. The molecular weight excluding hydrogens is 472 g/mol. The minimum Gasteiger partial charge on any atom is -0.508 e. The van der Waals surface area contributed by atoms with E-state index in [-0.39, 0.29) is 25.3 Å². The maximum absolute atomic E-state index is 12.8. The Labute approximate surface area is 209 Å². The average Bonchev–Trinajstić information content (AvgIpc) is 2.83. The summed E-state index contributed by atoms with van der Waals surface area (Å²) >= 11 is 5.09. The van der Waals surface area contributed by atoms with Crippen LogP contribution in [0.3, 0.4) is 0 Å². The van der Waals surface area contributed by atoms with Crippen LogP contribution in [0, 0.1) is 0 Å². The molecule has 0 fully saturated rings. The van der Waals surface area contributed by atoms with Crippen molar-refractivity contribution in [1.82, 2.24) is 16.0 Å². The summed E-state index contributed by atoms with van der Waals surface area (Å²) in [6, 6.07) is 14.4. The monoisotopic (exact) mass is 502 g/mol. The number of phenolic OH excluding ortho intramolecular Hbond substituents is 1. The van der Waals surface area contributed by atoms with E-state index < -0.39 is 24.0 Å². The van der Waals surface area contributed by atoms with Crippen LogP contribution in [0.2, 0.25) is 0 Å². The van der Waals surface area contributed by atoms with Crippen molar-refractivity contribution in [2.45, 2.75) is 38.3 Å². The third kappa shape index (κ3) is 11.7. The lowest BCUT2D eigenvalue weighted by Crippen LogP contribution is -2.44. The zero-order valence-electron chi connectivity index (χ0n) is 19.2. The van der Waals surface area contributed by atoms with E-state index in [1.807, 2.05) is 30.3 Å². The largest absolute Gasteiger partial charge is 0.508 e. The SMILES string of the molecule is O=C(O)CCNC(=S)NCCCCC(NC(=O)OCc1ccccc1)C(=O)Nc1ccc(O)cc1. The number of ether oxygens (including phenoxy) is 1. The van der Waals surface area contributed by atoms with Gasteiger partial charge in [-0.3, -0.25) is 9.59 Å². The molecule has 0 aliphatic rings. The molecule has 1 unspecified atom stereocenters. The summed E-state index contributed by atoms with van der Waals surface area (Å²) in [5, 5.41) is 29.5. The molecule has 35 heavy (non-hydrogen) atoms. The van der Waals surface area contributed by atoms with Crippen molar-refractivity contribution >= 4 is 41.0 Å². The number of carboxylic acid groups (broad SMARTS) is 1. The first-order chi connectivity index (χ1) is 16.8. The summed E-state index contributed by atoms with van der Waals surface area (Å²) in [5.74, 6) is -1.25. The molecule has 2 aromatic carbocycles. The lowest BCUT2D eigenvalue weighted by Gasteiger charge is -2.19. The average molecular weight is 503 g/mol. The molecule has 2 amide bonds. The van der Waals surface area contributed by atoms with E-state index in [1.165, 1.54) is 12.1 Å². The predicted octanol–water partition coefficient (Wildman–Crippen LogP) is 2.73. The van der Waals surface area contributed by atoms with Crippen molar-refractivity contribution in [1.29, 1.82) is 0 Å². The predicted molar refractivity (Wildman–Crippen MR) is 135 cm³/mol. The molecule has 0 heterocycles. The molecule has 1 atom stereocenters. The Hall–Kier alpha value is -3.86. The highest BCUT2D eigenvalue weighted by Crippen LogP contribution is 2.15. The Balaban J connectivity index is 1.83. The van der Waals surface area contributed by atoms with E-state index in [9.17, 15) is 19.5 Å². The van der Waals surface area contributed by atoms with Crippen LogP contribution in [0.15, 0.2) is 54.6 Å². The van der Waals surface area contributed by atoms with Crippen molar-refractivity contribution in [2.75, 3.05) is 18.4 Å². The van der Waals surface area contributed by atoms with Gasteiger partial charge in [-0.2, -0.15) is 0 Å². The van der Waals surface area contributed by atoms with E-state index in [2.05, 4.69) is 21.3 Å². The lowest BCUT2D eigenvalue weighted by atomic mass is 10.1. The number of aromatic hydroxyl groups is 1. The maximum atomic E-state index is 12.8. The number of unbranched alkanes of at least 4 members (excludes halogenated alkanes) is 1. The summed E-state index contributed by atoms with van der Waals surface area (Å²) in [6.07, 6.45) is 0.861. The molecule has 2 rings (SSSR count). The van der Waals surface area contributed by atoms with Gasteiger partial charge in [-0.1, -0.05) is 30.3 Å². The number of hydrogen-bond donors (Lipinski definition) is 6. The van der Waals surface area contributed by atoms with Gasteiger partial charge in [0.2, 0.25) is 5.91 Å². The lowest BCUT2D eigenvalue weighted by molar-refractivity contribution is -0.136. The van der Waals surface area contributed by atoms with Gasteiger partial charge in [-0.05, 0) is 61.3 Å². The first-order valence-corrected chi connectivity index (χ1v) is 11.5. The molecule has 0 bridgehead atoms. The van der Waals surface area contributed by atoms with Crippen LogP contribution < -0.4 is 21.3 Å². The second-order valence-electron chi connectivity index (χ2n) is 7.62. The first-order valence-electron chi connectivity index (χ1n) is 11.1. The van der Waals surface area contributed by atoms with Crippen LogP contribution in [0.5, 0.6) is 5.75 Å². The molecule has 0 spiro atoms. The fraction of sp³-hybridized carbons (Fsp3) is 0.333. The van der Waals surface area contributed by atoms with Gasteiger partial charge in [0.05, 0.1) is 6.42 Å². The molecule has 2 aromatic rings. The molecule has 0 saturated heterocycles. The van der Waals surface area contributed by atoms with Crippen LogP contribution in [0.4, 0.5) is 10.5 Å². The summed E-state index contributed by atoms with van der Waals surface area (Å²) in [7, 11) is 0. The number of benzene rings is 2. The molecule has 10 nitrogen and oxygen atoms in total. The fourth-order valence-electron chi connectivity index (χ4n) is 2.97. The van der Waals surface area contributed by atoms with E-state index in [1.54, 1.807) is 12.1 Å².